The van der Waals surface area contributed by atoms with Gasteiger partial charge in [-0.25, -0.2) is 4.79 Å². The number of aromatic amines is 1. The van der Waals surface area contributed by atoms with E-state index in [4.69, 9.17) is 5.26 Å². The molecule has 1 aromatic heterocycles. The number of hydrogen-bond donors (Lipinski definition) is 3. The van der Waals surface area contributed by atoms with E-state index in [9.17, 15) is 15.0 Å². The highest BCUT2D eigenvalue weighted by molar-refractivity contribution is 5.94. The lowest BCUT2D eigenvalue weighted by atomic mass is 10.1. The van der Waals surface area contributed by atoms with Crippen molar-refractivity contribution in [3.63, 3.8) is 0 Å². The summed E-state index contributed by atoms with van der Waals surface area (Å²) in [6, 6.07) is 6.11. The molecule has 0 radical (unpaired) electrons. The van der Waals surface area contributed by atoms with Crippen LogP contribution in [0.1, 0.15) is 22.2 Å². The fraction of sp³-hybridized carbons (Fsp3) is 0.250. The van der Waals surface area contributed by atoms with E-state index >= 15 is 0 Å². The SMILES string of the molecule is COC(=O)c1ccc2c(C(O)C(O)C#N)[nH]nc2c1. The number of aliphatic hydroxyl groups is 2. The molecule has 1 heterocycles. The first-order chi connectivity index (χ1) is 9.08. The van der Waals surface area contributed by atoms with Gasteiger partial charge in [0, 0.05) is 5.39 Å². The Morgan fingerprint density at radius 3 is 2.89 bits per heavy atom. The number of nitriles is 1. The van der Waals surface area contributed by atoms with Gasteiger partial charge < -0.3 is 14.9 Å². The Labute approximate surface area is 108 Å². The maximum Gasteiger partial charge on any atom is 0.337 e. The van der Waals surface area contributed by atoms with Crippen molar-refractivity contribution >= 4 is 16.9 Å². The van der Waals surface area contributed by atoms with Crippen LogP contribution in [0.2, 0.25) is 0 Å². The van der Waals surface area contributed by atoms with Crippen LogP contribution in [0.3, 0.4) is 0 Å². The number of methoxy groups -OCH3 is 1. The lowest BCUT2D eigenvalue weighted by Gasteiger charge is -2.09. The number of H-pyrrole nitrogens is 1. The summed E-state index contributed by atoms with van der Waals surface area (Å²) in [4.78, 5) is 11.4. The zero-order chi connectivity index (χ0) is 14.0. The summed E-state index contributed by atoms with van der Waals surface area (Å²) in [5.74, 6) is -0.496. The molecule has 0 bridgehead atoms. The van der Waals surface area contributed by atoms with E-state index in [0.717, 1.165) is 0 Å². The van der Waals surface area contributed by atoms with Crippen LogP contribution < -0.4 is 0 Å². The van der Waals surface area contributed by atoms with Gasteiger partial charge in [0.15, 0.2) is 6.10 Å². The predicted octanol–water partition coefficient (Wildman–Crippen LogP) is 0.267. The minimum absolute atomic E-state index is 0.223. The standard InChI is InChI=1S/C12H11N3O4/c1-19-12(18)6-2-3-7-8(4-6)14-15-10(7)11(17)9(16)5-13/h2-4,9,11,16-17H,1H3,(H,14,15). The van der Waals surface area contributed by atoms with Gasteiger partial charge in [-0.3, -0.25) is 5.10 Å². The number of aliphatic hydroxyl groups excluding tert-OH is 2. The monoisotopic (exact) mass is 261 g/mol. The second-order valence-corrected chi connectivity index (χ2v) is 3.88. The molecule has 0 saturated heterocycles. The molecule has 0 aliphatic rings. The maximum absolute atomic E-state index is 11.4. The van der Waals surface area contributed by atoms with Gasteiger partial charge in [-0.1, -0.05) is 0 Å². The molecular weight excluding hydrogens is 250 g/mol. The number of hydrogen-bond acceptors (Lipinski definition) is 6. The van der Waals surface area contributed by atoms with Crippen molar-refractivity contribution in [3.05, 3.63) is 29.5 Å². The molecule has 0 aliphatic heterocycles. The fourth-order valence-electron chi connectivity index (χ4n) is 1.73. The van der Waals surface area contributed by atoms with Crippen molar-refractivity contribution in [2.75, 3.05) is 7.11 Å². The number of carbonyl (C=O) groups is 1. The predicted molar refractivity (Wildman–Crippen MR) is 64.0 cm³/mol. The third-order valence-corrected chi connectivity index (χ3v) is 2.73. The van der Waals surface area contributed by atoms with E-state index in [-0.39, 0.29) is 5.69 Å². The molecule has 0 saturated carbocycles. The summed E-state index contributed by atoms with van der Waals surface area (Å²) >= 11 is 0. The smallest absolute Gasteiger partial charge is 0.337 e. The number of benzene rings is 1. The molecule has 1 aromatic carbocycles. The molecule has 2 unspecified atom stereocenters. The average molecular weight is 261 g/mol. The second-order valence-electron chi connectivity index (χ2n) is 3.88. The molecule has 3 N–H and O–H groups in total. The normalized spacial score (nSPS) is 13.8. The van der Waals surface area contributed by atoms with Gasteiger partial charge in [-0.2, -0.15) is 10.4 Å². The second kappa shape index (κ2) is 5.06. The zero-order valence-corrected chi connectivity index (χ0v) is 9.99. The van der Waals surface area contributed by atoms with E-state index in [1.54, 1.807) is 12.1 Å². The van der Waals surface area contributed by atoms with E-state index in [2.05, 4.69) is 14.9 Å². The largest absolute Gasteiger partial charge is 0.465 e. The molecule has 2 aromatic rings. The molecule has 0 aliphatic carbocycles. The van der Waals surface area contributed by atoms with Gasteiger partial charge in [0.1, 0.15) is 6.10 Å². The maximum atomic E-state index is 11.4. The van der Waals surface area contributed by atoms with Crippen molar-refractivity contribution in [3.8, 4) is 6.07 Å². The number of carbonyl (C=O) groups excluding carboxylic acids is 1. The summed E-state index contributed by atoms with van der Waals surface area (Å²) in [6.45, 7) is 0. The Balaban J connectivity index is 2.46. The molecule has 2 atom stereocenters. The van der Waals surface area contributed by atoms with Crippen LogP contribution in [-0.2, 0) is 4.74 Å². The Kier molecular flexibility index (Phi) is 3.46. The number of ether oxygens (including phenoxy) is 1. The van der Waals surface area contributed by atoms with Crippen LogP contribution in [0.5, 0.6) is 0 Å². The Bertz CT molecular complexity index is 659. The minimum Gasteiger partial charge on any atom is -0.465 e. The molecule has 19 heavy (non-hydrogen) atoms. The van der Waals surface area contributed by atoms with E-state index < -0.39 is 18.2 Å². The first-order valence-corrected chi connectivity index (χ1v) is 5.40. The first kappa shape index (κ1) is 13.0. The summed E-state index contributed by atoms with van der Waals surface area (Å²) in [5.41, 5.74) is 0.978. The summed E-state index contributed by atoms with van der Waals surface area (Å²) < 4.78 is 4.59. The number of aromatic nitrogens is 2. The fourth-order valence-corrected chi connectivity index (χ4v) is 1.73. The van der Waals surface area contributed by atoms with Crippen LogP contribution >= 0.6 is 0 Å². The third-order valence-electron chi connectivity index (χ3n) is 2.73. The Morgan fingerprint density at radius 2 is 2.26 bits per heavy atom. The van der Waals surface area contributed by atoms with Gasteiger partial charge in [0.05, 0.1) is 30.0 Å². The molecule has 0 spiro atoms. The lowest BCUT2D eigenvalue weighted by molar-refractivity contribution is 0.0507. The Hall–Kier alpha value is -2.43. The number of nitrogens with one attached hydrogen (secondary N) is 1. The Morgan fingerprint density at radius 1 is 1.53 bits per heavy atom. The van der Waals surface area contributed by atoms with Crippen LogP contribution in [0.25, 0.3) is 10.9 Å². The van der Waals surface area contributed by atoms with Crippen molar-refractivity contribution in [1.82, 2.24) is 10.2 Å². The molecule has 0 amide bonds. The van der Waals surface area contributed by atoms with E-state index in [0.29, 0.717) is 16.5 Å². The summed E-state index contributed by atoms with van der Waals surface area (Å²) in [7, 11) is 1.27. The highest BCUT2D eigenvalue weighted by Crippen LogP contribution is 2.24. The lowest BCUT2D eigenvalue weighted by Crippen LogP contribution is -2.16. The quantitative estimate of drug-likeness (QED) is 0.539. The van der Waals surface area contributed by atoms with Crippen LogP contribution in [-0.4, -0.2) is 39.6 Å². The van der Waals surface area contributed by atoms with Gasteiger partial charge in [-0.15, -0.1) is 0 Å². The van der Waals surface area contributed by atoms with Crippen molar-refractivity contribution < 1.29 is 19.7 Å². The summed E-state index contributed by atoms with van der Waals surface area (Å²) in [6.07, 6.45) is -2.94. The zero-order valence-electron chi connectivity index (χ0n) is 9.99. The highest BCUT2D eigenvalue weighted by Gasteiger charge is 2.22. The van der Waals surface area contributed by atoms with Crippen molar-refractivity contribution in [1.29, 1.82) is 5.26 Å². The van der Waals surface area contributed by atoms with Crippen molar-refractivity contribution in [2.45, 2.75) is 12.2 Å². The molecule has 0 fully saturated rings. The molecule has 7 heteroatoms. The minimum atomic E-state index is -1.55. The summed E-state index contributed by atoms with van der Waals surface area (Å²) in [5, 5.41) is 34.6. The molecule has 7 nitrogen and oxygen atoms in total. The van der Waals surface area contributed by atoms with Gasteiger partial charge in [-0.05, 0) is 18.2 Å². The molecule has 98 valence electrons. The number of nitrogens with zero attached hydrogens (tertiary/aromatic N) is 2. The molecule has 2 rings (SSSR count). The highest BCUT2D eigenvalue weighted by atomic mass is 16.5. The number of esters is 1. The average Bonchev–Trinajstić information content (AvgIpc) is 2.87. The van der Waals surface area contributed by atoms with Crippen molar-refractivity contribution in [2.24, 2.45) is 0 Å². The van der Waals surface area contributed by atoms with E-state index in [1.807, 2.05) is 0 Å². The van der Waals surface area contributed by atoms with Crippen LogP contribution in [0, 0.1) is 11.3 Å². The molecular formula is C12H11N3O4. The topological polar surface area (TPSA) is 119 Å². The van der Waals surface area contributed by atoms with Gasteiger partial charge >= 0.3 is 5.97 Å². The first-order valence-electron chi connectivity index (χ1n) is 5.40. The van der Waals surface area contributed by atoms with Gasteiger partial charge in [0.2, 0.25) is 0 Å². The third kappa shape index (κ3) is 2.27. The van der Waals surface area contributed by atoms with Crippen LogP contribution in [0.4, 0.5) is 0 Å². The van der Waals surface area contributed by atoms with E-state index in [1.165, 1.54) is 19.2 Å². The van der Waals surface area contributed by atoms with Gasteiger partial charge in [0.25, 0.3) is 0 Å². The van der Waals surface area contributed by atoms with Crippen LogP contribution in [0.15, 0.2) is 18.2 Å². The number of fused-ring (bicyclic) bond motifs is 1. The number of rotatable bonds is 3.